The lowest BCUT2D eigenvalue weighted by molar-refractivity contribution is -0.124. The Morgan fingerprint density at radius 1 is 1.05 bits per heavy atom. The fraction of sp³-hybridized carbons (Fsp3) is 0.414. The third-order valence-electron chi connectivity index (χ3n) is 6.40. The lowest BCUT2D eigenvalue weighted by Crippen LogP contribution is -2.33. The van der Waals surface area contributed by atoms with Gasteiger partial charge in [-0.25, -0.2) is 18.1 Å². The lowest BCUT2D eigenvalue weighted by Gasteiger charge is -2.18. The van der Waals surface area contributed by atoms with Gasteiger partial charge in [0.1, 0.15) is 5.82 Å². The number of unbranched alkanes of at least 4 members (excludes halogenated alkanes) is 1. The molecule has 3 aromatic rings. The van der Waals surface area contributed by atoms with E-state index in [0.29, 0.717) is 24.8 Å². The van der Waals surface area contributed by atoms with Crippen LogP contribution in [0.4, 0.5) is 0 Å². The average molecular weight is 571 g/mol. The van der Waals surface area contributed by atoms with Gasteiger partial charge in [0, 0.05) is 30.2 Å². The van der Waals surface area contributed by atoms with Crippen molar-refractivity contribution < 1.29 is 18.0 Å². The Bertz CT molecular complexity index is 1340. The van der Waals surface area contributed by atoms with Gasteiger partial charge in [-0.1, -0.05) is 57.5 Å². The summed E-state index contributed by atoms with van der Waals surface area (Å²) in [6, 6.07) is 14.6. The van der Waals surface area contributed by atoms with Crippen LogP contribution in [0.2, 0.25) is 0 Å². The molecule has 10 heteroatoms. The molecule has 2 N–H and O–H groups in total. The molecule has 1 unspecified atom stereocenters. The van der Waals surface area contributed by atoms with Crippen molar-refractivity contribution in [3.63, 3.8) is 0 Å². The summed E-state index contributed by atoms with van der Waals surface area (Å²) >= 11 is 4.36. The normalized spacial score (nSPS) is 12.3. The fourth-order valence-corrected chi connectivity index (χ4v) is 5.55. The van der Waals surface area contributed by atoms with Crippen molar-refractivity contribution >= 4 is 34.5 Å². The molecule has 39 heavy (non-hydrogen) atoms. The zero-order valence-corrected chi connectivity index (χ0v) is 24.5. The van der Waals surface area contributed by atoms with E-state index in [0.717, 1.165) is 42.8 Å². The highest BCUT2D eigenvalue weighted by atomic mass is 32.2. The molecule has 8 nitrogen and oxygen atoms in total. The van der Waals surface area contributed by atoms with Crippen LogP contribution < -0.4 is 10.0 Å². The van der Waals surface area contributed by atoms with E-state index in [4.69, 9.17) is 0 Å². The Labute approximate surface area is 237 Å². The molecule has 2 aromatic carbocycles. The van der Waals surface area contributed by atoms with E-state index in [1.807, 2.05) is 0 Å². The number of imidazole rings is 1. The maximum Gasteiger partial charge on any atom is 0.264 e. The minimum atomic E-state index is -4.02. The Kier molecular flexibility index (Phi) is 11.2. The van der Waals surface area contributed by atoms with E-state index in [-0.39, 0.29) is 22.3 Å². The van der Waals surface area contributed by atoms with E-state index < -0.39 is 15.9 Å². The van der Waals surface area contributed by atoms with Crippen molar-refractivity contribution in [1.29, 1.82) is 0 Å². The molecule has 0 radical (unpaired) electrons. The molecule has 0 saturated heterocycles. The van der Waals surface area contributed by atoms with Gasteiger partial charge in [-0.15, -0.1) is 0 Å². The Morgan fingerprint density at radius 3 is 2.36 bits per heavy atom. The Morgan fingerprint density at radius 2 is 1.74 bits per heavy atom. The molecule has 1 aromatic heterocycles. The molecule has 3 rings (SSSR count). The standard InChI is InChI=1S/C29H38N4O4S2/c1-4-5-11-27-30-17-25(18-31-28(34)24(20-38)16-21(2)3)33(27)19-22-12-14-26(15-13-22)39(36,37)32-29(35)23-9-7-6-8-10-23/h6-10,12-15,17,21,24,38H,4-5,11,16,18-20H2,1-3H3,(H,31,34)(H,32,35). The molecule has 0 saturated carbocycles. The van der Waals surface area contributed by atoms with Crippen LogP contribution in [0.5, 0.6) is 0 Å². The topological polar surface area (TPSA) is 110 Å². The summed E-state index contributed by atoms with van der Waals surface area (Å²) in [7, 11) is -4.02. The van der Waals surface area contributed by atoms with Crippen LogP contribution in [0.15, 0.2) is 65.7 Å². The molecule has 0 aliphatic rings. The second-order valence-corrected chi connectivity index (χ2v) is 12.1. The number of nitrogens with one attached hydrogen (secondary N) is 2. The zero-order valence-electron chi connectivity index (χ0n) is 22.8. The number of rotatable bonds is 14. The molecule has 0 aliphatic carbocycles. The van der Waals surface area contributed by atoms with E-state index in [2.05, 4.69) is 53.0 Å². The number of nitrogens with zero attached hydrogens (tertiary/aromatic N) is 2. The molecule has 2 amide bonds. The quantitative estimate of drug-likeness (QED) is 0.246. The van der Waals surface area contributed by atoms with Crippen molar-refractivity contribution in [3.8, 4) is 0 Å². The van der Waals surface area contributed by atoms with E-state index >= 15 is 0 Å². The predicted octanol–water partition coefficient (Wildman–Crippen LogP) is 4.60. The van der Waals surface area contributed by atoms with Crippen LogP contribution in [0.1, 0.15) is 67.5 Å². The monoisotopic (exact) mass is 570 g/mol. The van der Waals surface area contributed by atoms with Gasteiger partial charge >= 0.3 is 0 Å². The number of hydrogen-bond acceptors (Lipinski definition) is 6. The third-order valence-corrected chi connectivity index (χ3v) is 8.19. The van der Waals surface area contributed by atoms with E-state index in [9.17, 15) is 18.0 Å². The fourth-order valence-electron chi connectivity index (χ4n) is 4.26. The summed E-state index contributed by atoms with van der Waals surface area (Å²) in [5.74, 6) is 0.957. The molecule has 210 valence electrons. The number of carbonyl (C=O) groups excluding carboxylic acids is 2. The van der Waals surface area contributed by atoms with Crippen molar-refractivity contribution in [2.45, 2.75) is 64.4 Å². The second kappa shape index (κ2) is 14.3. The Balaban J connectivity index is 1.74. The molecule has 1 atom stereocenters. The third kappa shape index (κ3) is 8.69. The average Bonchev–Trinajstić information content (AvgIpc) is 3.30. The van der Waals surface area contributed by atoms with Crippen LogP contribution in [-0.4, -0.2) is 35.5 Å². The summed E-state index contributed by atoms with van der Waals surface area (Å²) in [5, 5.41) is 3.04. The van der Waals surface area contributed by atoms with Gasteiger partial charge in [-0.05, 0) is 48.6 Å². The van der Waals surface area contributed by atoms with E-state index in [1.165, 1.54) is 12.1 Å². The second-order valence-electron chi connectivity index (χ2n) is 10.0. The molecule has 0 fully saturated rings. The molecule has 0 spiro atoms. The summed E-state index contributed by atoms with van der Waals surface area (Å²) in [6.07, 6.45) is 5.38. The number of hydrogen-bond donors (Lipinski definition) is 3. The first-order valence-electron chi connectivity index (χ1n) is 13.3. The molecular formula is C29H38N4O4S2. The van der Waals surface area contributed by atoms with Gasteiger partial charge in [0.25, 0.3) is 15.9 Å². The van der Waals surface area contributed by atoms with Crippen molar-refractivity contribution in [3.05, 3.63) is 83.4 Å². The molecule has 0 bridgehead atoms. The number of thiol groups is 1. The largest absolute Gasteiger partial charge is 0.350 e. The van der Waals surface area contributed by atoms with Crippen LogP contribution in [0.25, 0.3) is 0 Å². The van der Waals surface area contributed by atoms with Gasteiger partial charge in [-0.3, -0.25) is 9.59 Å². The lowest BCUT2D eigenvalue weighted by atomic mass is 9.98. The first-order valence-corrected chi connectivity index (χ1v) is 15.4. The maximum atomic E-state index is 12.8. The zero-order chi connectivity index (χ0) is 28.4. The minimum Gasteiger partial charge on any atom is -0.350 e. The van der Waals surface area contributed by atoms with Crippen molar-refractivity contribution in [2.24, 2.45) is 11.8 Å². The summed E-state index contributed by atoms with van der Waals surface area (Å²) in [5.41, 5.74) is 2.02. The number of sulfonamides is 1. The summed E-state index contributed by atoms with van der Waals surface area (Å²) in [6.45, 7) is 7.12. The highest BCUT2D eigenvalue weighted by Gasteiger charge is 2.20. The number of amides is 2. The highest BCUT2D eigenvalue weighted by Crippen LogP contribution is 2.17. The van der Waals surface area contributed by atoms with Gasteiger partial charge in [-0.2, -0.15) is 12.6 Å². The van der Waals surface area contributed by atoms with Crippen molar-refractivity contribution in [2.75, 3.05) is 5.75 Å². The predicted molar refractivity (Wildman–Crippen MR) is 156 cm³/mol. The van der Waals surface area contributed by atoms with Crippen LogP contribution >= 0.6 is 12.6 Å². The summed E-state index contributed by atoms with van der Waals surface area (Å²) in [4.78, 5) is 29.7. The molecular weight excluding hydrogens is 532 g/mol. The van der Waals surface area contributed by atoms with Gasteiger partial charge < -0.3 is 9.88 Å². The first kappa shape index (κ1) is 30.4. The number of aryl methyl sites for hydroxylation is 1. The van der Waals surface area contributed by atoms with Crippen LogP contribution in [0.3, 0.4) is 0 Å². The van der Waals surface area contributed by atoms with Crippen molar-refractivity contribution in [1.82, 2.24) is 19.6 Å². The molecule has 0 aliphatic heterocycles. The SMILES string of the molecule is CCCCc1ncc(CNC(=O)C(CS)CC(C)C)n1Cc1ccc(S(=O)(=O)NC(=O)c2ccccc2)cc1. The van der Waals surface area contributed by atoms with Crippen LogP contribution in [0, 0.1) is 11.8 Å². The minimum absolute atomic E-state index is 0.00260. The Hall–Kier alpha value is -3.11. The number of benzene rings is 2. The van der Waals surface area contributed by atoms with Gasteiger partial charge in [0.15, 0.2) is 0 Å². The van der Waals surface area contributed by atoms with Gasteiger partial charge in [0.2, 0.25) is 5.91 Å². The van der Waals surface area contributed by atoms with E-state index in [1.54, 1.807) is 48.7 Å². The molecule has 1 heterocycles. The number of carbonyl (C=O) groups is 2. The summed E-state index contributed by atoms with van der Waals surface area (Å²) < 4.78 is 29.7. The van der Waals surface area contributed by atoms with Crippen LogP contribution in [-0.2, 0) is 34.3 Å². The smallest absolute Gasteiger partial charge is 0.264 e. The first-order chi connectivity index (χ1) is 18.6. The highest BCUT2D eigenvalue weighted by molar-refractivity contribution is 7.90. The van der Waals surface area contributed by atoms with Gasteiger partial charge in [0.05, 0.1) is 23.3 Å². The maximum absolute atomic E-state index is 12.8. The number of aromatic nitrogens is 2.